The van der Waals surface area contributed by atoms with Gasteiger partial charge in [-0.05, 0) is 0 Å². The van der Waals surface area contributed by atoms with Gasteiger partial charge in [-0.2, -0.15) is 0 Å². The van der Waals surface area contributed by atoms with Crippen molar-refractivity contribution in [3.05, 3.63) is 0 Å². The second-order valence-corrected chi connectivity index (χ2v) is 2.02. The monoisotopic (exact) mass is 140 g/mol. The van der Waals surface area contributed by atoms with E-state index in [1.54, 1.807) is 0 Å². The SMILES string of the molecule is CCSOC(=O)Cl. The molecule has 42 valence electrons. The Balaban J connectivity index is 2.82. The van der Waals surface area contributed by atoms with E-state index in [-0.39, 0.29) is 0 Å². The molecule has 0 aliphatic rings. The number of hydrogen-bond acceptors (Lipinski definition) is 3. The number of halogens is 1. The van der Waals surface area contributed by atoms with Crippen molar-refractivity contribution in [3.63, 3.8) is 0 Å². The predicted molar refractivity (Wildman–Crippen MR) is 30.5 cm³/mol. The minimum absolute atomic E-state index is 0.735. The fourth-order valence-corrected chi connectivity index (χ4v) is 0.449. The molecular formula is C3H5ClO2S. The molecule has 4 heteroatoms. The number of hydrogen-bond donors (Lipinski definition) is 0. The van der Waals surface area contributed by atoms with Gasteiger partial charge in [-0.25, -0.2) is 4.79 Å². The topological polar surface area (TPSA) is 26.3 Å². The van der Waals surface area contributed by atoms with E-state index in [1.165, 1.54) is 0 Å². The highest BCUT2D eigenvalue weighted by atomic mass is 35.5. The Morgan fingerprint density at radius 1 is 2.00 bits per heavy atom. The van der Waals surface area contributed by atoms with Crippen LogP contribution < -0.4 is 0 Å². The Morgan fingerprint density at radius 2 is 2.57 bits per heavy atom. The molecule has 0 radical (unpaired) electrons. The van der Waals surface area contributed by atoms with Crippen LogP contribution in [0.4, 0.5) is 4.79 Å². The third kappa shape index (κ3) is 6.11. The molecule has 0 saturated carbocycles. The summed E-state index contributed by atoms with van der Waals surface area (Å²) in [6.07, 6.45) is 0. The third-order valence-electron chi connectivity index (χ3n) is 0.242. The Hall–Kier alpha value is 0.110. The highest BCUT2D eigenvalue weighted by molar-refractivity contribution is 7.95. The fraction of sp³-hybridized carbons (Fsp3) is 0.667. The molecular weight excluding hydrogens is 136 g/mol. The predicted octanol–water partition coefficient (Wildman–Crippen LogP) is 2.03. The molecule has 0 rings (SSSR count). The molecule has 0 bridgehead atoms. The zero-order valence-corrected chi connectivity index (χ0v) is 5.38. The van der Waals surface area contributed by atoms with E-state index in [4.69, 9.17) is 11.6 Å². The summed E-state index contributed by atoms with van der Waals surface area (Å²) in [7, 11) is 0. The van der Waals surface area contributed by atoms with Crippen molar-refractivity contribution in [3.8, 4) is 0 Å². The number of carbonyl (C=O) groups is 1. The van der Waals surface area contributed by atoms with E-state index in [1.807, 2.05) is 6.92 Å². The van der Waals surface area contributed by atoms with Crippen molar-refractivity contribution in [2.75, 3.05) is 5.75 Å². The van der Waals surface area contributed by atoms with Crippen molar-refractivity contribution in [1.82, 2.24) is 0 Å². The van der Waals surface area contributed by atoms with Crippen LogP contribution in [0.5, 0.6) is 0 Å². The molecule has 0 N–H and O–H groups in total. The van der Waals surface area contributed by atoms with Crippen LogP contribution in [-0.4, -0.2) is 11.2 Å². The molecule has 0 aliphatic carbocycles. The first-order valence-electron chi connectivity index (χ1n) is 1.76. The molecule has 0 aliphatic heterocycles. The Kier molecular flexibility index (Phi) is 4.34. The zero-order chi connectivity index (χ0) is 5.70. The van der Waals surface area contributed by atoms with E-state index in [0.717, 1.165) is 17.8 Å². The van der Waals surface area contributed by atoms with Crippen LogP contribution in [0.2, 0.25) is 0 Å². The van der Waals surface area contributed by atoms with E-state index in [2.05, 4.69) is 4.18 Å². The Labute approximate surface area is 51.4 Å². The molecule has 2 nitrogen and oxygen atoms in total. The van der Waals surface area contributed by atoms with Gasteiger partial charge in [0.05, 0.1) is 12.0 Å². The number of carbonyl (C=O) groups excluding carboxylic acids is 1. The van der Waals surface area contributed by atoms with Crippen molar-refractivity contribution in [2.24, 2.45) is 0 Å². The van der Waals surface area contributed by atoms with E-state index >= 15 is 0 Å². The number of rotatable bonds is 2. The quantitative estimate of drug-likeness (QED) is 0.434. The molecule has 0 heterocycles. The molecule has 0 fully saturated rings. The first-order valence-corrected chi connectivity index (χ1v) is 3.05. The molecule has 0 amide bonds. The summed E-state index contributed by atoms with van der Waals surface area (Å²) in [4.78, 5) is 9.73. The van der Waals surface area contributed by atoms with Gasteiger partial charge in [0.15, 0.2) is 0 Å². The average Bonchev–Trinajstić information content (AvgIpc) is 1.61. The maximum Gasteiger partial charge on any atom is 0.415 e. The van der Waals surface area contributed by atoms with Crippen LogP contribution in [0.15, 0.2) is 0 Å². The van der Waals surface area contributed by atoms with Crippen molar-refractivity contribution < 1.29 is 8.98 Å². The van der Waals surface area contributed by atoms with Gasteiger partial charge in [0, 0.05) is 17.4 Å². The van der Waals surface area contributed by atoms with E-state index in [0.29, 0.717) is 0 Å². The molecule has 0 unspecified atom stereocenters. The van der Waals surface area contributed by atoms with Crippen molar-refractivity contribution in [1.29, 1.82) is 0 Å². The van der Waals surface area contributed by atoms with Crippen LogP contribution in [0.3, 0.4) is 0 Å². The minimum atomic E-state index is -0.758. The minimum Gasteiger partial charge on any atom is -0.379 e. The standard InChI is InChI=1S/C3H5ClO2S/c1-2-7-6-3(4)5/h2H2,1H3. The fourth-order valence-electron chi connectivity index (χ4n) is 0.105. The molecule has 0 spiro atoms. The summed E-state index contributed by atoms with van der Waals surface area (Å²) in [5.41, 5.74) is -0.758. The van der Waals surface area contributed by atoms with Gasteiger partial charge >= 0.3 is 5.43 Å². The smallest absolute Gasteiger partial charge is 0.379 e. The first-order chi connectivity index (χ1) is 3.27. The van der Waals surface area contributed by atoms with E-state index < -0.39 is 5.43 Å². The lowest BCUT2D eigenvalue weighted by atomic mass is 11.0. The van der Waals surface area contributed by atoms with Crippen molar-refractivity contribution >= 4 is 29.1 Å². The van der Waals surface area contributed by atoms with Gasteiger partial charge in [-0.3, -0.25) is 0 Å². The zero-order valence-electron chi connectivity index (χ0n) is 3.81. The summed E-state index contributed by atoms with van der Waals surface area (Å²) in [5, 5.41) is 0. The molecule has 0 saturated heterocycles. The van der Waals surface area contributed by atoms with Crippen LogP contribution >= 0.6 is 23.6 Å². The van der Waals surface area contributed by atoms with Gasteiger partial charge in [-0.15, -0.1) is 0 Å². The van der Waals surface area contributed by atoms with Crippen LogP contribution in [-0.2, 0) is 4.18 Å². The molecule has 0 aromatic rings. The lowest BCUT2D eigenvalue weighted by Gasteiger charge is -1.88. The third-order valence-corrected chi connectivity index (χ3v) is 0.916. The summed E-state index contributed by atoms with van der Waals surface area (Å²) >= 11 is 5.81. The Morgan fingerprint density at radius 3 is 2.71 bits per heavy atom. The highest BCUT2D eigenvalue weighted by Gasteiger charge is 1.91. The molecule has 0 aromatic carbocycles. The van der Waals surface area contributed by atoms with Crippen LogP contribution in [0, 0.1) is 0 Å². The second kappa shape index (κ2) is 4.27. The molecule has 7 heavy (non-hydrogen) atoms. The van der Waals surface area contributed by atoms with E-state index in [9.17, 15) is 4.79 Å². The van der Waals surface area contributed by atoms with Crippen LogP contribution in [0.25, 0.3) is 0 Å². The van der Waals surface area contributed by atoms with Gasteiger partial charge in [0.25, 0.3) is 0 Å². The van der Waals surface area contributed by atoms with Gasteiger partial charge in [-0.1, -0.05) is 6.92 Å². The average molecular weight is 141 g/mol. The van der Waals surface area contributed by atoms with Crippen LogP contribution in [0.1, 0.15) is 6.92 Å². The van der Waals surface area contributed by atoms with Gasteiger partial charge in [0.2, 0.25) is 0 Å². The first kappa shape index (κ1) is 7.11. The summed E-state index contributed by atoms with van der Waals surface area (Å²) < 4.78 is 4.23. The summed E-state index contributed by atoms with van der Waals surface area (Å²) in [5.74, 6) is 0.735. The summed E-state index contributed by atoms with van der Waals surface area (Å²) in [6, 6.07) is 0. The summed E-state index contributed by atoms with van der Waals surface area (Å²) in [6.45, 7) is 1.87. The molecule has 0 aromatic heterocycles. The maximum atomic E-state index is 9.73. The highest BCUT2D eigenvalue weighted by Crippen LogP contribution is 2.03. The Bertz CT molecular complexity index is 66.0. The second-order valence-electron chi connectivity index (χ2n) is 0.727. The van der Waals surface area contributed by atoms with Gasteiger partial charge < -0.3 is 4.18 Å². The lowest BCUT2D eigenvalue weighted by Crippen LogP contribution is -1.81. The lowest BCUT2D eigenvalue weighted by molar-refractivity contribution is 0.233. The molecule has 0 atom stereocenters. The normalized spacial score (nSPS) is 8.29. The van der Waals surface area contributed by atoms with Crippen molar-refractivity contribution in [2.45, 2.75) is 6.92 Å². The maximum absolute atomic E-state index is 9.73. The van der Waals surface area contributed by atoms with Gasteiger partial charge in [0.1, 0.15) is 0 Å². The largest absolute Gasteiger partial charge is 0.415 e.